The van der Waals surface area contributed by atoms with E-state index in [-0.39, 0.29) is 12.2 Å². The Morgan fingerprint density at radius 1 is 1.12 bits per heavy atom. The van der Waals surface area contributed by atoms with Crippen molar-refractivity contribution < 1.29 is 23.7 Å². The number of nitrogens with one attached hydrogen (secondary N) is 1. The van der Waals surface area contributed by atoms with E-state index >= 15 is 0 Å². The summed E-state index contributed by atoms with van der Waals surface area (Å²) in [7, 11) is 0. The highest BCUT2D eigenvalue weighted by Gasteiger charge is 2.28. The Morgan fingerprint density at radius 2 is 1.93 bits per heavy atom. The molecule has 6 rings (SSSR count). The van der Waals surface area contributed by atoms with Gasteiger partial charge < -0.3 is 23.5 Å². The fraction of sp³-hybridized carbons (Fsp3) is 0.312. The molecule has 1 unspecified atom stereocenters. The zero-order valence-electron chi connectivity index (χ0n) is 22.3. The summed E-state index contributed by atoms with van der Waals surface area (Å²) in [6.07, 6.45) is 2.33. The number of hydrogen-bond acceptors (Lipinski definition) is 6. The molecule has 0 spiro atoms. The topological polar surface area (TPSA) is 94.7 Å². The lowest BCUT2D eigenvalue weighted by atomic mass is 9.92. The maximum atomic E-state index is 12.5. The predicted molar refractivity (Wildman–Crippen MR) is 151 cm³/mol. The third-order valence-corrected chi connectivity index (χ3v) is 7.61. The molecule has 1 N–H and O–H groups in total. The highest BCUT2D eigenvalue weighted by molar-refractivity contribution is 5.96. The smallest absolute Gasteiger partial charge is 0.412 e. The van der Waals surface area contributed by atoms with Crippen LogP contribution in [0.15, 0.2) is 72.8 Å². The predicted octanol–water partition coefficient (Wildman–Crippen LogP) is 6.97. The van der Waals surface area contributed by atoms with Gasteiger partial charge in [0.15, 0.2) is 0 Å². The molecular weight excluding hydrogens is 506 g/mol. The van der Waals surface area contributed by atoms with Crippen LogP contribution in [0.1, 0.15) is 49.5 Å². The van der Waals surface area contributed by atoms with Crippen molar-refractivity contribution in [3.05, 3.63) is 83.9 Å². The first-order chi connectivity index (χ1) is 19.6. The van der Waals surface area contributed by atoms with Crippen molar-refractivity contribution in [2.24, 2.45) is 0 Å². The molecule has 8 heteroatoms. The number of benzene rings is 3. The summed E-state index contributed by atoms with van der Waals surface area (Å²) in [6, 6.07) is 25.9. The van der Waals surface area contributed by atoms with E-state index in [2.05, 4.69) is 16.0 Å². The van der Waals surface area contributed by atoms with Crippen LogP contribution in [0.4, 0.5) is 10.5 Å². The van der Waals surface area contributed by atoms with Crippen molar-refractivity contribution in [3.8, 4) is 23.1 Å². The molecule has 1 aliphatic heterocycles. The number of carbonyl (C=O) groups excluding carboxylic acids is 1. The van der Waals surface area contributed by atoms with Crippen LogP contribution < -0.4 is 10.1 Å². The van der Waals surface area contributed by atoms with Crippen molar-refractivity contribution >= 4 is 22.7 Å². The van der Waals surface area contributed by atoms with Crippen LogP contribution in [-0.4, -0.2) is 36.8 Å². The molecule has 2 fully saturated rings. The second kappa shape index (κ2) is 11.4. The minimum absolute atomic E-state index is 0.0905. The quantitative estimate of drug-likeness (QED) is 0.261. The lowest BCUT2D eigenvalue weighted by Crippen LogP contribution is -2.19. The number of nitriles is 1. The van der Waals surface area contributed by atoms with Crippen molar-refractivity contribution in [3.63, 3.8) is 0 Å². The van der Waals surface area contributed by atoms with Crippen LogP contribution in [0.3, 0.4) is 0 Å². The molecule has 1 saturated heterocycles. The molecule has 0 radical (unpaired) electrons. The van der Waals surface area contributed by atoms with Crippen LogP contribution in [0.25, 0.3) is 22.2 Å². The van der Waals surface area contributed by atoms with Gasteiger partial charge in [-0.2, -0.15) is 5.26 Å². The maximum Gasteiger partial charge on any atom is 0.412 e. The number of nitrogens with zero attached hydrogens (tertiary/aromatic N) is 2. The molecule has 2 heterocycles. The van der Waals surface area contributed by atoms with Gasteiger partial charge in [0.2, 0.25) is 0 Å². The average Bonchev–Trinajstić information content (AvgIpc) is 3.58. The SMILES string of the molecule is C[C@@H](OC(=O)Nc1ccc(-c2c(C#N)c3cc(OCC4COCO4)ccc3n2C2CCC2)cc1)c1ccccc1. The van der Waals surface area contributed by atoms with E-state index in [1.165, 1.54) is 6.42 Å². The average molecular weight is 538 g/mol. The van der Waals surface area contributed by atoms with E-state index in [0.29, 0.717) is 43.0 Å². The zero-order valence-corrected chi connectivity index (χ0v) is 22.3. The Kier molecular flexibility index (Phi) is 7.41. The number of anilines is 1. The molecule has 1 saturated carbocycles. The molecule has 8 nitrogen and oxygen atoms in total. The summed E-state index contributed by atoms with van der Waals surface area (Å²) in [5, 5.41) is 14.0. The number of aromatic nitrogens is 1. The monoisotopic (exact) mass is 537 g/mol. The van der Waals surface area contributed by atoms with Crippen LogP contribution in [0.2, 0.25) is 0 Å². The third kappa shape index (κ3) is 5.26. The summed E-state index contributed by atoms with van der Waals surface area (Å²) < 4.78 is 24.6. The second-order valence-corrected chi connectivity index (χ2v) is 10.2. The third-order valence-electron chi connectivity index (χ3n) is 7.61. The first-order valence-electron chi connectivity index (χ1n) is 13.6. The fourth-order valence-corrected chi connectivity index (χ4v) is 5.27. The van der Waals surface area contributed by atoms with Crippen molar-refractivity contribution in [1.29, 1.82) is 5.26 Å². The molecule has 2 atom stereocenters. The van der Waals surface area contributed by atoms with Crippen molar-refractivity contribution in [2.75, 3.05) is 25.3 Å². The summed E-state index contributed by atoms with van der Waals surface area (Å²) in [5.74, 6) is 0.694. The highest BCUT2D eigenvalue weighted by Crippen LogP contribution is 2.43. The van der Waals surface area contributed by atoms with Crippen LogP contribution in [-0.2, 0) is 14.2 Å². The largest absolute Gasteiger partial charge is 0.491 e. The van der Waals surface area contributed by atoms with Crippen LogP contribution in [0, 0.1) is 11.3 Å². The van der Waals surface area contributed by atoms with Gasteiger partial charge in [-0.15, -0.1) is 0 Å². The molecule has 1 aromatic heterocycles. The molecule has 0 bridgehead atoms. The number of hydrogen-bond donors (Lipinski definition) is 1. The van der Waals surface area contributed by atoms with Gasteiger partial charge in [0.25, 0.3) is 0 Å². The summed E-state index contributed by atoms with van der Waals surface area (Å²) in [4.78, 5) is 12.5. The minimum Gasteiger partial charge on any atom is -0.491 e. The summed E-state index contributed by atoms with van der Waals surface area (Å²) in [5.41, 5.74) is 4.98. The van der Waals surface area contributed by atoms with Gasteiger partial charge in [0.05, 0.1) is 23.4 Å². The van der Waals surface area contributed by atoms with Crippen molar-refractivity contribution in [2.45, 2.75) is 44.4 Å². The van der Waals surface area contributed by atoms with Gasteiger partial charge in [-0.25, -0.2) is 4.79 Å². The zero-order chi connectivity index (χ0) is 27.5. The standard InChI is InChI=1S/C32H31N3O5/c1-21(22-6-3-2-4-7-22)40-32(36)34-24-12-10-23(11-13-24)31-29(17-33)28-16-26(38-19-27-18-37-20-39-27)14-15-30(28)35(31)25-8-5-9-25/h2-4,6-7,10-16,21,25,27H,5,8-9,18-20H2,1H3,(H,34,36)/t21-,27?/m1/s1. The number of amides is 1. The van der Waals surface area contributed by atoms with Crippen LogP contribution >= 0.6 is 0 Å². The second-order valence-electron chi connectivity index (χ2n) is 10.2. The van der Waals surface area contributed by atoms with Gasteiger partial charge in [-0.05, 0) is 67.6 Å². The van der Waals surface area contributed by atoms with Gasteiger partial charge in [-0.3, -0.25) is 5.32 Å². The lowest BCUT2D eigenvalue weighted by Gasteiger charge is -2.30. The Bertz CT molecular complexity index is 1530. The molecule has 1 aliphatic carbocycles. The van der Waals surface area contributed by atoms with Gasteiger partial charge in [0.1, 0.15) is 37.4 Å². The molecule has 1 amide bonds. The van der Waals surface area contributed by atoms with Crippen LogP contribution in [0.5, 0.6) is 5.75 Å². The Labute approximate surface area is 233 Å². The minimum atomic E-state index is -0.521. The number of carbonyl (C=O) groups is 1. The Balaban J connectivity index is 1.25. The maximum absolute atomic E-state index is 12.5. The lowest BCUT2D eigenvalue weighted by molar-refractivity contribution is 0.0320. The van der Waals surface area contributed by atoms with E-state index in [0.717, 1.165) is 40.6 Å². The Hall–Kier alpha value is -4.32. The summed E-state index contributed by atoms with van der Waals surface area (Å²) in [6.45, 7) is 3.04. The van der Waals surface area contributed by atoms with Gasteiger partial charge >= 0.3 is 6.09 Å². The van der Waals surface area contributed by atoms with Gasteiger partial charge in [0, 0.05) is 17.1 Å². The first kappa shape index (κ1) is 25.9. The van der Waals surface area contributed by atoms with Crippen molar-refractivity contribution in [1.82, 2.24) is 4.57 Å². The number of rotatable bonds is 8. The van der Waals surface area contributed by atoms with E-state index in [9.17, 15) is 10.1 Å². The molecule has 204 valence electrons. The number of fused-ring (bicyclic) bond motifs is 1. The normalized spacial score (nSPS) is 17.6. The Morgan fingerprint density at radius 3 is 2.60 bits per heavy atom. The molecule has 4 aromatic rings. The summed E-state index contributed by atoms with van der Waals surface area (Å²) >= 11 is 0. The van der Waals surface area contributed by atoms with Gasteiger partial charge in [-0.1, -0.05) is 42.5 Å². The van der Waals surface area contributed by atoms with E-state index < -0.39 is 6.09 Å². The van der Waals surface area contributed by atoms with E-state index in [1.807, 2.05) is 79.7 Å². The number of ether oxygens (including phenoxy) is 4. The highest BCUT2D eigenvalue weighted by atomic mass is 16.7. The fourth-order valence-electron chi connectivity index (χ4n) is 5.27. The first-order valence-corrected chi connectivity index (χ1v) is 13.6. The molecule has 2 aliphatic rings. The molecule has 40 heavy (non-hydrogen) atoms. The van der Waals surface area contributed by atoms with E-state index in [4.69, 9.17) is 18.9 Å². The van der Waals surface area contributed by atoms with E-state index in [1.54, 1.807) is 0 Å². The molecular formula is C32H31N3O5. The molecule has 3 aromatic carbocycles.